The van der Waals surface area contributed by atoms with Crippen LogP contribution in [-0.4, -0.2) is 23.7 Å². The number of carboxylic acid groups (broad SMARTS) is 1. The molecule has 68 valence electrons. The van der Waals surface area contributed by atoms with Crippen LogP contribution in [0.15, 0.2) is 30.3 Å². The van der Waals surface area contributed by atoms with Gasteiger partial charge in [0, 0.05) is 12.5 Å². The summed E-state index contributed by atoms with van der Waals surface area (Å²) < 4.78 is 0. The largest absolute Gasteiger partial charge is 0.480 e. The van der Waals surface area contributed by atoms with E-state index in [1.165, 1.54) is 0 Å². The molecule has 0 saturated carbocycles. The summed E-state index contributed by atoms with van der Waals surface area (Å²) in [5.74, 6) is -0.626. The van der Waals surface area contributed by atoms with Gasteiger partial charge in [0.25, 0.3) is 0 Å². The normalized spacial score (nSPS) is 26.5. The topological polar surface area (TPSA) is 49.3 Å². The SMILES string of the molecule is O=C(O)[C@H]1NC[C@H]1c1ccccc1. The fourth-order valence-corrected chi connectivity index (χ4v) is 1.62. The van der Waals surface area contributed by atoms with Crippen molar-refractivity contribution in [3.63, 3.8) is 0 Å². The first kappa shape index (κ1) is 8.26. The maximum atomic E-state index is 10.7. The summed E-state index contributed by atoms with van der Waals surface area (Å²) in [6.45, 7) is 0.765. The quantitative estimate of drug-likeness (QED) is 0.703. The molecule has 1 aliphatic rings. The van der Waals surface area contributed by atoms with Crippen LogP contribution in [0, 0.1) is 0 Å². The molecule has 2 atom stereocenters. The van der Waals surface area contributed by atoms with Gasteiger partial charge in [-0.2, -0.15) is 0 Å². The maximum absolute atomic E-state index is 10.7. The highest BCUT2D eigenvalue weighted by Crippen LogP contribution is 2.25. The number of benzene rings is 1. The summed E-state index contributed by atoms with van der Waals surface area (Å²) >= 11 is 0. The second-order valence-electron chi connectivity index (χ2n) is 3.24. The summed E-state index contributed by atoms with van der Waals surface area (Å²) in [6.07, 6.45) is 0. The van der Waals surface area contributed by atoms with Gasteiger partial charge in [0.1, 0.15) is 6.04 Å². The van der Waals surface area contributed by atoms with E-state index in [0.717, 1.165) is 12.1 Å². The minimum absolute atomic E-state index is 0.138. The second-order valence-corrected chi connectivity index (χ2v) is 3.24. The van der Waals surface area contributed by atoms with Gasteiger partial charge in [-0.25, -0.2) is 0 Å². The lowest BCUT2D eigenvalue weighted by molar-refractivity contribution is -0.142. The standard InChI is InChI=1S/C10H11NO2/c12-10(13)9-8(6-11-9)7-4-2-1-3-5-7/h1-5,8-9,11H,6H2,(H,12,13)/t8-,9-/m0/s1. The molecule has 0 bridgehead atoms. The number of nitrogens with one attached hydrogen (secondary N) is 1. The zero-order chi connectivity index (χ0) is 9.26. The highest BCUT2D eigenvalue weighted by molar-refractivity contribution is 5.76. The average molecular weight is 177 g/mol. The zero-order valence-electron chi connectivity index (χ0n) is 7.10. The van der Waals surface area contributed by atoms with Gasteiger partial charge in [-0.3, -0.25) is 4.79 Å². The molecule has 3 heteroatoms. The Hall–Kier alpha value is -1.35. The predicted molar refractivity (Wildman–Crippen MR) is 48.6 cm³/mol. The fourth-order valence-electron chi connectivity index (χ4n) is 1.62. The van der Waals surface area contributed by atoms with Crippen molar-refractivity contribution in [1.82, 2.24) is 5.32 Å². The molecule has 2 rings (SSSR count). The van der Waals surface area contributed by atoms with Gasteiger partial charge in [-0.1, -0.05) is 30.3 Å². The van der Waals surface area contributed by atoms with E-state index in [9.17, 15) is 4.79 Å². The van der Waals surface area contributed by atoms with Gasteiger partial charge in [0.05, 0.1) is 0 Å². The summed E-state index contributed by atoms with van der Waals surface area (Å²) in [4.78, 5) is 10.7. The van der Waals surface area contributed by atoms with Crippen molar-refractivity contribution in [3.05, 3.63) is 35.9 Å². The molecule has 3 nitrogen and oxygen atoms in total. The molecular formula is C10H11NO2. The molecular weight excluding hydrogens is 166 g/mol. The fraction of sp³-hybridized carbons (Fsp3) is 0.300. The Balaban J connectivity index is 2.15. The van der Waals surface area contributed by atoms with Gasteiger partial charge in [0.15, 0.2) is 0 Å². The Morgan fingerprint density at radius 2 is 2.08 bits per heavy atom. The molecule has 1 fully saturated rings. The van der Waals surface area contributed by atoms with Gasteiger partial charge in [-0.05, 0) is 5.56 Å². The first-order valence-electron chi connectivity index (χ1n) is 4.30. The Kier molecular flexibility index (Phi) is 2.02. The summed E-state index contributed by atoms with van der Waals surface area (Å²) in [6, 6.07) is 9.36. The molecule has 0 radical (unpaired) electrons. The smallest absolute Gasteiger partial charge is 0.321 e. The van der Waals surface area contributed by atoms with E-state index in [2.05, 4.69) is 5.32 Å². The van der Waals surface area contributed by atoms with Gasteiger partial charge in [0.2, 0.25) is 0 Å². The molecule has 0 aromatic heterocycles. The van der Waals surface area contributed by atoms with Crippen molar-refractivity contribution in [2.24, 2.45) is 0 Å². The van der Waals surface area contributed by atoms with E-state index in [1.54, 1.807) is 0 Å². The van der Waals surface area contributed by atoms with Crippen LogP contribution in [0.1, 0.15) is 11.5 Å². The van der Waals surface area contributed by atoms with Gasteiger partial charge >= 0.3 is 5.97 Å². The zero-order valence-corrected chi connectivity index (χ0v) is 7.10. The lowest BCUT2D eigenvalue weighted by atomic mass is 9.85. The summed E-state index contributed by atoms with van der Waals surface area (Å²) in [7, 11) is 0. The van der Waals surface area contributed by atoms with Crippen LogP contribution in [0.2, 0.25) is 0 Å². The Labute approximate surface area is 76.4 Å². The number of hydrogen-bond acceptors (Lipinski definition) is 2. The summed E-state index contributed by atoms with van der Waals surface area (Å²) in [5, 5.41) is 11.7. The van der Waals surface area contributed by atoms with Crippen molar-refractivity contribution in [1.29, 1.82) is 0 Å². The molecule has 1 aromatic carbocycles. The Morgan fingerprint density at radius 1 is 1.38 bits per heavy atom. The van der Waals surface area contributed by atoms with E-state index >= 15 is 0 Å². The van der Waals surface area contributed by atoms with Crippen molar-refractivity contribution >= 4 is 5.97 Å². The first-order valence-corrected chi connectivity index (χ1v) is 4.30. The number of carboxylic acids is 1. The van der Waals surface area contributed by atoms with Crippen molar-refractivity contribution in [3.8, 4) is 0 Å². The molecule has 0 aliphatic carbocycles. The van der Waals surface area contributed by atoms with Crippen molar-refractivity contribution in [2.45, 2.75) is 12.0 Å². The van der Waals surface area contributed by atoms with E-state index in [4.69, 9.17) is 5.11 Å². The van der Waals surface area contributed by atoms with Crippen LogP contribution < -0.4 is 5.32 Å². The number of carbonyl (C=O) groups is 1. The van der Waals surface area contributed by atoms with E-state index in [0.29, 0.717) is 0 Å². The minimum atomic E-state index is -0.764. The van der Waals surface area contributed by atoms with Crippen LogP contribution >= 0.6 is 0 Å². The third kappa shape index (κ3) is 1.42. The molecule has 1 heterocycles. The molecule has 0 unspecified atom stereocenters. The summed E-state index contributed by atoms with van der Waals surface area (Å²) in [5.41, 5.74) is 1.11. The van der Waals surface area contributed by atoms with Crippen LogP contribution in [0.5, 0.6) is 0 Å². The molecule has 1 saturated heterocycles. The molecule has 2 N–H and O–H groups in total. The van der Waals surface area contributed by atoms with Crippen LogP contribution in [0.4, 0.5) is 0 Å². The number of rotatable bonds is 2. The number of aliphatic carboxylic acids is 1. The van der Waals surface area contributed by atoms with Crippen LogP contribution in [0.25, 0.3) is 0 Å². The Morgan fingerprint density at radius 3 is 2.54 bits per heavy atom. The average Bonchev–Trinajstić information content (AvgIpc) is 2.02. The maximum Gasteiger partial charge on any atom is 0.321 e. The van der Waals surface area contributed by atoms with E-state index in [-0.39, 0.29) is 5.92 Å². The highest BCUT2D eigenvalue weighted by Gasteiger charge is 2.36. The lowest BCUT2D eigenvalue weighted by Gasteiger charge is -2.35. The monoisotopic (exact) mass is 177 g/mol. The van der Waals surface area contributed by atoms with E-state index < -0.39 is 12.0 Å². The Bertz CT molecular complexity index is 310. The highest BCUT2D eigenvalue weighted by atomic mass is 16.4. The van der Waals surface area contributed by atoms with Crippen LogP contribution in [-0.2, 0) is 4.79 Å². The molecule has 0 amide bonds. The number of hydrogen-bond donors (Lipinski definition) is 2. The first-order chi connectivity index (χ1) is 6.29. The van der Waals surface area contributed by atoms with Crippen molar-refractivity contribution < 1.29 is 9.90 Å². The molecule has 1 aliphatic heterocycles. The minimum Gasteiger partial charge on any atom is -0.480 e. The lowest BCUT2D eigenvalue weighted by Crippen LogP contribution is -2.55. The molecule has 13 heavy (non-hydrogen) atoms. The third-order valence-electron chi connectivity index (χ3n) is 2.45. The molecule has 0 spiro atoms. The van der Waals surface area contributed by atoms with E-state index in [1.807, 2.05) is 30.3 Å². The third-order valence-corrected chi connectivity index (χ3v) is 2.45. The molecule has 1 aromatic rings. The van der Waals surface area contributed by atoms with Gasteiger partial charge < -0.3 is 10.4 Å². The predicted octanol–water partition coefficient (Wildman–Crippen LogP) is 0.827. The second kappa shape index (κ2) is 3.18. The van der Waals surface area contributed by atoms with Gasteiger partial charge in [-0.15, -0.1) is 0 Å². The van der Waals surface area contributed by atoms with Crippen LogP contribution in [0.3, 0.4) is 0 Å². The van der Waals surface area contributed by atoms with Crippen molar-refractivity contribution in [2.75, 3.05) is 6.54 Å².